The summed E-state index contributed by atoms with van der Waals surface area (Å²) in [6.07, 6.45) is 4.04. The first kappa shape index (κ1) is 12.1. The predicted octanol–water partition coefficient (Wildman–Crippen LogP) is 2.35. The topological polar surface area (TPSA) is 36.4 Å². The third-order valence-corrected chi connectivity index (χ3v) is 2.76. The maximum atomic E-state index is 5.03. The number of hydrazone groups is 1. The fourth-order valence-electron chi connectivity index (χ4n) is 0.937. The highest BCUT2D eigenvalue weighted by Crippen LogP contribution is 2.03. The van der Waals surface area contributed by atoms with Gasteiger partial charge in [0, 0.05) is 11.4 Å². The van der Waals surface area contributed by atoms with Crippen molar-refractivity contribution in [2.45, 2.75) is 19.8 Å². The molecule has 1 heterocycles. The number of nitrogens with one attached hydrogen (secondary N) is 2. The Balaban J connectivity index is 2.16. The second-order valence-corrected chi connectivity index (χ2v) is 4.38. The van der Waals surface area contributed by atoms with Crippen molar-refractivity contribution >= 4 is 34.9 Å². The number of thiocarbonyl (C=S) groups is 1. The van der Waals surface area contributed by atoms with E-state index in [9.17, 15) is 0 Å². The number of nitrogens with zero attached hydrogens (tertiary/aromatic N) is 1. The van der Waals surface area contributed by atoms with Crippen molar-refractivity contribution in [3.05, 3.63) is 22.4 Å². The van der Waals surface area contributed by atoms with E-state index in [1.807, 2.05) is 17.5 Å². The number of hydrogen-bond donors (Lipinski definition) is 2. The molecule has 0 bridgehead atoms. The molecule has 0 saturated heterocycles. The van der Waals surface area contributed by atoms with Crippen molar-refractivity contribution in [3.63, 3.8) is 0 Å². The summed E-state index contributed by atoms with van der Waals surface area (Å²) in [5, 5.41) is 9.69. The molecule has 0 radical (unpaired) electrons. The molecule has 1 aromatic rings. The molecule has 0 spiro atoms. The van der Waals surface area contributed by atoms with Crippen molar-refractivity contribution in [1.82, 2.24) is 10.7 Å². The third kappa shape index (κ3) is 5.49. The van der Waals surface area contributed by atoms with Crippen molar-refractivity contribution < 1.29 is 0 Å². The molecule has 0 saturated carbocycles. The normalized spacial score (nSPS) is 10.5. The quantitative estimate of drug-likeness (QED) is 0.359. The van der Waals surface area contributed by atoms with E-state index < -0.39 is 0 Å². The maximum absolute atomic E-state index is 5.03. The first-order chi connectivity index (χ1) is 7.33. The molecule has 0 amide bonds. The van der Waals surface area contributed by atoms with E-state index in [2.05, 4.69) is 22.8 Å². The van der Waals surface area contributed by atoms with Crippen LogP contribution in [0.15, 0.2) is 22.6 Å². The molecule has 0 fully saturated rings. The first-order valence-electron chi connectivity index (χ1n) is 4.93. The van der Waals surface area contributed by atoms with E-state index in [4.69, 9.17) is 12.2 Å². The van der Waals surface area contributed by atoms with Gasteiger partial charge >= 0.3 is 0 Å². The SMILES string of the molecule is CCCCNC(=S)N/N=C/c1cccs1. The van der Waals surface area contributed by atoms with Crippen molar-refractivity contribution in [2.75, 3.05) is 6.54 Å². The highest BCUT2D eigenvalue weighted by molar-refractivity contribution is 7.80. The summed E-state index contributed by atoms with van der Waals surface area (Å²) in [6, 6.07) is 3.99. The molecule has 0 aliphatic rings. The van der Waals surface area contributed by atoms with Crippen molar-refractivity contribution in [2.24, 2.45) is 5.10 Å². The van der Waals surface area contributed by atoms with Crippen molar-refractivity contribution in [3.8, 4) is 0 Å². The molecule has 0 aliphatic carbocycles. The highest BCUT2D eigenvalue weighted by Gasteiger charge is 1.91. The molecule has 3 nitrogen and oxygen atoms in total. The summed E-state index contributed by atoms with van der Waals surface area (Å²) >= 11 is 6.67. The summed E-state index contributed by atoms with van der Waals surface area (Å²) in [7, 11) is 0. The van der Waals surface area contributed by atoms with Gasteiger partial charge in [0.05, 0.1) is 6.21 Å². The standard InChI is InChI=1S/C10H15N3S2/c1-2-3-6-11-10(14)13-12-8-9-5-4-7-15-9/h4-5,7-8H,2-3,6H2,1H3,(H2,11,13,14)/b12-8+. The largest absolute Gasteiger partial charge is 0.361 e. The zero-order valence-electron chi connectivity index (χ0n) is 8.69. The Labute approximate surface area is 99.6 Å². The highest BCUT2D eigenvalue weighted by atomic mass is 32.1. The predicted molar refractivity (Wildman–Crippen MR) is 70.6 cm³/mol. The van der Waals surface area contributed by atoms with Crippen LogP contribution in [0, 0.1) is 0 Å². The lowest BCUT2D eigenvalue weighted by Crippen LogP contribution is -2.32. The molecule has 2 N–H and O–H groups in total. The average molecular weight is 241 g/mol. The number of hydrogen-bond acceptors (Lipinski definition) is 3. The van der Waals surface area contributed by atoms with Crippen LogP contribution in [0.4, 0.5) is 0 Å². The van der Waals surface area contributed by atoms with Gasteiger partial charge in [0.2, 0.25) is 0 Å². The minimum absolute atomic E-state index is 0.580. The van der Waals surface area contributed by atoms with E-state index in [1.165, 1.54) is 0 Å². The molecule has 5 heteroatoms. The lowest BCUT2D eigenvalue weighted by molar-refractivity contribution is 0.745. The van der Waals surface area contributed by atoms with E-state index >= 15 is 0 Å². The van der Waals surface area contributed by atoms with Crippen LogP contribution < -0.4 is 10.7 Å². The molecule has 15 heavy (non-hydrogen) atoms. The second-order valence-electron chi connectivity index (χ2n) is 2.99. The third-order valence-electron chi connectivity index (χ3n) is 1.72. The van der Waals surface area contributed by atoms with Gasteiger partial charge in [-0.25, -0.2) is 0 Å². The van der Waals surface area contributed by atoms with Crippen LogP contribution in [0.3, 0.4) is 0 Å². The lowest BCUT2D eigenvalue weighted by atomic mass is 10.3. The van der Waals surface area contributed by atoms with Crippen LogP contribution in [0.2, 0.25) is 0 Å². The first-order valence-corrected chi connectivity index (χ1v) is 6.22. The summed E-state index contributed by atoms with van der Waals surface area (Å²) in [6.45, 7) is 3.05. The Morgan fingerprint density at radius 2 is 2.53 bits per heavy atom. The van der Waals surface area contributed by atoms with E-state index in [1.54, 1.807) is 17.6 Å². The fraction of sp³-hybridized carbons (Fsp3) is 0.400. The minimum Gasteiger partial charge on any atom is -0.361 e. The summed E-state index contributed by atoms with van der Waals surface area (Å²) in [4.78, 5) is 1.11. The summed E-state index contributed by atoms with van der Waals surface area (Å²) in [5.41, 5.74) is 2.78. The van der Waals surface area contributed by atoms with Gasteiger partial charge in [-0.15, -0.1) is 11.3 Å². The summed E-state index contributed by atoms with van der Waals surface area (Å²) in [5.74, 6) is 0. The Morgan fingerprint density at radius 3 is 3.20 bits per heavy atom. The van der Waals surface area contributed by atoms with E-state index in [0.29, 0.717) is 5.11 Å². The van der Waals surface area contributed by atoms with Gasteiger partial charge in [-0.2, -0.15) is 5.10 Å². The van der Waals surface area contributed by atoms with E-state index in [0.717, 1.165) is 24.3 Å². The Bertz CT molecular complexity index is 306. The molecule has 0 aliphatic heterocycles. The summed E-state index contributed by atoms with van der Waals surface area (Å²) < 4.78 is 0. The molecule has 82 valence electrons. The molecule has 0 atom stereocenters. The minimum atomic E-state index is 0.580. The molecule has 0 aromatic carbocycles. The smallest absolute Gasteiger partial charge is 0.186 e. The van der Waals surface area contributed by atoms with Crippen LogP contribution in [0.1, 0.15) is 24.6 Å². The van der Waals surface area contributed by atoms with Gasteiger partial charge in [0.15, 0.2) is 5.11 Å². The van der Waals surface area contributed by atoms with Crippen LogP contribution in [-0.2, 0) is 0 Å². The fourth-order valence-corrected chi connectivity index (χ4v) is 1.68. The van der Waals surface area contributed by atoms with Crippen LogP contribution in [0.5, 0.6) is 0 Å². The van der Waals surface area contributed by atoms with Gasteiger partial charge in [-0.1, -0.05) is 19.4 Å². The molecular weight excluding hydrogens is 226 g/mol. The molecule has 1 rings (SSSR count). The Morgan fingerprint density at radius 1 is 1.67 bits per heavy atom. The van der Waals surface area contributed by atoms with Gasteiger partial charge < -0.3 is 5.32 Å². The average Bonchev–Trinajstić information content (AvgIpc) is 2.71. The zero-order chi connectivity index (χ0) is 10.9. The van der Waals surface area contributed by atoms with Gasteiger partial charge in [0.1, 0.15) is 0 Å². The van der Waals surface area contributed by atoms with Crippen LogP contribution >= 0.6 is 23.6 Å². The van der Waals surface area contributed by atoms with E-state index in [-0.39, 0.29) is 0 Å². The van der Waals surface area contributed by atoms with Gasteiger partial charge in [-0.3, -0.25) is 5.43 Å². The molecule has 0 unspecified atom stereocenters. The second kappa shape index (κ2) is 7.36. The number of rotatable bonds is 5. The molecular formula is C10H15N3S2. The van der Waals surface area contributed by atoms with Gasteiger partial charge in [-0.05, 0) is 30.1 Å². The Hall–Kier alpha value is -0.940. The molecule has 1 aromatic heterocycles. The van der Waals surface area contributed by atoms with Gasteiger partial charge in [0.25, 0.3) is 0 Å². The maximum Gasteiger partial charge on any atom is 0.186 e. The van der Waals surface area contributed by atoms with Crippen LogP contribution in [0.25, 0.3) is 0 Å². The lowest BCUT2D eigenvalue weighted by Gasteiger charge is -2.04. The zero-order valence-corrected chi connectivity index (χ0v) is 10.3. The number of thiophene rings is 1. The number of unbranched alkanes of at least 4 members (excludes halogenated alkanes) is 1. The van der Waals surface area contributed by atoms with Crippen LogP contribution in [-0.4, -0.2) is 17.9 Å². The Kier molecular flexibility index (Phi) is 5.96. The monoisotopic (exact) mass is 241 g/mol. The van der Waals surface area contributed by atoms with Crippen molar-refractivity contribution in [1.29, 1.82) is 0 Å².